The Labute approximate surface area is 220 Å². The van der Waals surface area contributed by atoms with Gasteiger partial charge >= 0.3 is 12.1 Å². The van der Waals surface area contributed by atoms with Crippen molar-refractivity contribution in [2.75, 3.05) is 32.1 Å². The first-order valence-electron chi connectivity index (χ1n) is 13.4. The van der Waals surface area contributed by atoms with Crippen molar-refractivity contribution in [3.63, 3.8) is 0 Å². The molecule has 3 atom stereocenters. The van der Waals surface area contributed by atoms with Gasteiger partial charge in [0.05, 0.1) is 24.8 Å². The molecule has 0 spiro atoms. The Balaban J connectivity index is 1.83. The molecular formula is C27H43N5O5. The monoisotopic (exact) mass is 517 g/mol. The van der Waals surface area contributed by atoms with Gasteiger partial charge < -0.3 is 35.6 Å². The highest BCUT2D eigenvalue weighted by Gasteiger charge is 2.34. The van der Waals surface area contributed by atoms with Crippen LogP contribution in [0, 0.1) is 5.92 Å². The average Bonchev–Trinajstić information content (AvgIpc) is 2.86. The van der Waals surface area contributed by atoms with Gasteiger partial charge in [0, 0.05) is 37.3 Å². The average molecular weight is 518 g/mol. The highest BCUT2D eigenvalue weighted by molar-refractivity contribution is 5.99. The number of carbonyl (C=O) groups is 3. The Morgan fingerprint density at radius 3 is 2.54 bits per heavy atom. The highest BCUT2D eigenvalue weighted by Crippen LogP contribution is 2.31. The molecule has 0 unspecified atom stereocenters. The molecule has 3 rings (SSSR count). The summed E-state index contributed by atoms with van der Waals surface area (Å²) in [5, 5.41) is 18.6. The molecule has 1 saturated carbocycles. The lowest BCUT2D eigenvalue weighted by Gasteiger charge is -2.38. The topological polar surface area (TPSA) is 123 Å². The zero-order valence-corrected chi connectivity index (χ0v) is 22.8. The predicted molar refractivity (Wildman–Crippen MR) is 143 cm³/mol. The van der Waals surface area contributed by atoms with Gasteiger partial charge in [-0.25, -0.2) is 9.59 Å². The summed E-state index contributed by atoms with van der Waals surface area (Å²) in [4.78, 5) is 41.9. The Morgan fingerprint density at radius 1 is 1.19 bits per heavy atom. The molecule has 1 fully saturated rings. The van der Waals surface area contributed by atoms with Crippen molar-refractivity contribution in [1.29, 1.82) is 0 Å². The number of aliphatic hydroxyl groups is 1. The number of hydrogen-bond acceptors (Lipinski definition) is 5. The smallest absolute Gasteiger partial charge is 0.319 e. The van der Waals surface area contributed by atoms with Gasteiger partial charge in [-0.1, -0.05) is 26.2 Å². The van der Waals surface area contributed by atoms with E-state index in [9.17, 15) is 19.5 Å². The van der Waals surface area contributed by atoms with Crippen LogP contribution >= 0.6 is 0 Å². The van der Waals surface area contributed by atoms with Crippen molar-refractivity contribution >= 4 is 23.7 Å². The molecule has 206 valence electrons. The molecule has 1 aromatic carbocycles. The van der Waals surface area contributed by atoms with Crippen molar-refractivity contribution in [3.05, 3.63) is 23.8 Å². The van der Waals surface area contributed by atoms with Crippen molar-refractivity contribution in [2.45, 2.75) is 84.0 Å². The number of anilines is 1. The van der Waals surface area contributed by atoms with Gasteiger partial charge in [0.1, 0.15) is 11.9 Å². The Bertz CT molecular complexity index is 949. The van der Waals surface area contributed by atoms with E-state index in [-0.39, 0.29) is 42.6 Å². The van der Waals surface area contributed by atoms with E-state index in [0.717, 1.165) is 25.7 Å². The second kappa shape index (κ2) is 13.0. The molecule has 37 heavy (non-hydrogen) atoms. The molecule has 1 aromatic rings. The van der Waals surface area contributed by atoms with Gasteiger partial charge in [-0.15, -0.1) is 0 Å². The van der Waals surface area contributed by atoms with Crippen molar-refractivity contribution in [3.8, 4) is 5.75 Å². The zero-order chi connectivity index (χ0) is 27.1. The summed E-state index contributed by atoms with van der Waals surface area (Å²) < 4.78 is 6.33. The Morgan fingerprint density at radius 2 is 1.89 bits per heavy atom. The van der Waals surface area contributed by atoms with Crippen LogP contribution in [0.2, 0.25) is 0 Å². The van der Waals surface area contributed by atoms with E-state index < -0.39 is 12.1 Å². The molecule has 1 aliphatic heterocycles. The van der Waals surface area contributed by atoms with E-state index in [1.807, 2.05) is 20.8 Å². The number of benzene rings is 1. The molecule has 1 heterocycles. The predicted octanol–water partition coefficient (Wildman–Crippen LogP) is 3.41. The number of aliphatic hydroxyl groups excluding tert-OH is 1. The van der Waals surface area contributed by atoms with Crippen LogP contribution in [0.5, 0.6) is 5.75 Å². The summed E-state index contributed by atoms with van der Waals surface area (Å²) in [5.74, 6) is -0.00355. The van der Waals surface area contributed by atoms with E-state index >= 15 is 0 Å². The number of nitrogens with zero attached hydrogens (tertiary/aromatic N) is 2. The third-order valence-corrected chi connectivity index (χ3v) is 7.08. The quantitative estimate of drug-likeness (QED) is 0.441. The number of ether oxygens (including phenoxy) is 1. The largest absolute Gasteiger partial charge is 0.487 e. The number of fused-ring (bicyclic) bond motifs is 1. The first kappa shape index (κ1) is 28.6. The van der Waals surface area contributed by atoms with Crippen LogP contribution in [0.3, 0.4) is 0 Å². The minimum absolute atomic E-state index is 0.00565. The van der Waals surface area contributed by atoms with E-state index in [1.54, 1.807) is 42.0 Å². The SMILES string of the molecule is CC(C)NC(=O)N(C)C[C@@H]1Oc2ccc(NC(=O)NC3CCCCC3)cc2C(=O)N([C@@H](C)CO)C[C@@H]1C. The van der Waals surface area contributed by atoms with Gasteiger partial charge in [0.2, 0.25) is 0 Å². The number of likely N-dealkylation sites (N-methyl/N-ethyl adjacent to an activating group) is 1. The van der Waals surface area contributed by atoms with Gasteiger partial charge in [0.25, 0.3) is 5.91 Å². The molecular weight excluding hydrogens is 474 g/mol. The number of urea groups is 2. The molecule has 0 aromatic heterocycles. The molecule has 0 radical (unpaired) electrons. The van der Waals surface area contributed by atoms with Gasteiger partial charge in [-0.3, -0.25) is 4.79 Å². The third-order valence-electron chi connectivity index (χ3n) is 7.08. The highest BCUT2D eigenvalue weighted by atomic mass is 16.5. The van der Waals surface area contributed by atoms with Crippen LogP contribution in [0.4, 0.5) is 15.3 Å². The second-order valence-electron chi connectivity index (χ2n) is 10.8. The second-order valence-corrected chi connectivity index (χ2v) is 10.8. The number of amides is 5. The number of nitrogens with one attached hydrogen (secondary N) is 3. The van der Waals surface area contributed by atoms with Crippen LogP contribution in [-0.4, -0.2) is 83.8 Å². The molecule has 2 aliphatic rings. The maximum absolute atomic E-state index is 13.6. The van der Waals surface area contributed by atoms with Crippen LogP contribution in [-0.2, 0) is 0 Å². The van der Waals surface area contributed by atoms with Crippen LogP contribution in [0.1, 0.15) is 70.2 Å². The standard InChI is InChI=1S/C27H43N5O5/c1-17(2)28-27(36)31(5)15-24-18(3)14-32(19(4)16-33)25(34)22-13-21(11-12-23(22)37-24)30-26(35)29-20-9-7-6-8-10-20/h11-13,17-20,24,33H,6-10,14-16H2,1-5H3,(H,28,36)(H2,29,30,35)/t18-,19-,24-/m0/s1. The molecule has 0 saturated heterocycles. The fraction of sp³-hybridized carbons (Fsp3) is 0.667. The van der Waals surface area contributed by atoms with Gasteiger partial charge in [-0.05, 0) is 51.8 Å². The maximum Gasteiger partial charge on any atom is 0.319 e. The summed E-state index contributed by atoms with van der Waals surface area (Å²) in [6.45, 7) is 8.05. The van der Waals surface area contributed by atoms with Crippen LogP contribution < -0.4 is 20.7 Å². The first-order chi connectivity index (χ1) is 17.6. The summed E-state index contributed by atoms with van der Waals surface area (Å²) in [5.41, 5.74) is 0.793. The number of carbonyl (C=O) groups excluding carboxylic acids is 3. The van der Waals surface area contributed by atoms with E-state index in [1.165, 1.54) is 6.42 Å². The van der Waals surface area contributed by atoms with Gasteiger partial charge in [0.15, 0.2) is 0 Å². The van der Waals surface area contributed by atoms with Crippen LogP contribution in [0.15, 0.2) is 18.2 Å². The molecule has 10 nitrogen and oxygen atoms in total. The van der Waals surface area contributed by atoms with Crippen molar-refractivity contribution < 1.29 is 24.2 Å². The lowest BCUT2D eigenvalue weighted by molar-refractivity contribution is 0.0366. The third kappa shape index (κ3) is 7.74. The lowest BCUT2D eigenvalue weighted by atomic mass is 9.96. The summed E-state index contributed by atoms with van der Waals surface area (Å²) in [6, 6.07) is 4.29. The van der Waals surface area contributed by atoms with Crippen molar-refractivity contribution in [2.24, 2.45) is 5.92 Å². The number of hydrogen-bond donors (Lipinski definition) is 4. The summed E-state index contributed by atoms with van der Waals surface area (Å²) in [6.07, 6.45) is 4.98. The van der Waals surface area contributed by atoms with Gasteiger partial charge in [-0.2, -0.15) is 0 Å². The first-order valence-corrected chi connectivity index (χ1v) is 13.4. The molecule has 5 amide bonds. The van der Waals surface area contributed by atoms with E-state index in [4.69, 9.17) is 4.74 Å². The fourth-order valence-electron chi connectivity index (χ4n) is 4.83. The van der Waals surface area contributed by atoms with E-state index in [0.29, 0.717) is 30.1 Å². The molecule has 0 bridgehead atoms. The fourth-order valence-corrected chi connectivity index (χ4v) is 4.83. The Hall–Kier alpha value is -3.01. The normalized spacial score (nSPS) is 21.3. The lowest BCUT2D eigenvalue weighted by Crippen LogP contribution is -2.51. The molecule has 1 aliphatic carbocycles. The van der Waals surface area contributed by atoms with Crippen molar-refractivity contribution in [1.82, 2.24) is 20.4 Å². The molecule has 4 N–H and O–H groups in total. The summed E-state index contributed by atoms with van der Waals surface area (Å²) in [7, 11) is 1.71. The summed E-state index contributed by atoms with van der Waals surface area (Å²) >= 11 is 0. The maximum atomic E-state index is 13.6. The Kier molecular flexibility index (Phi) is 10.0. The zero-order valence-electron chi connectivity index (χ0n) is 22.8. The molecule has 10 heteroatoms. The number of rotatable bonds is 7. The van der Waals surface area contributed by atoms with E-state index in [2.05, 4.69) is 16.0 Å². The minimum Gasteiger partial charge on any atom is -0.487 e. The minimum atomic E-state index is -0.408. The van der Waals surface area contributed by atoms with Crippen LogP contribution in [0.25, 0.3) is 0 Å².